The Kier molecular flexibility index (Phi) is 3.06. The third-order valence-electron chi connectivity index (χ3n) is 3.10. The van der Waals surface area contributed by atoms with E-state index >= 15 is 0 Å². The van der Waals surface area contributed by atoms with E-state index in [1.807, 2.05) is 0 Å². The van der Waals surface area contributed by atoms with Gasteiger partial charge in [-0.1, -0.05) is 23.7 Å². The number of aromatic amines is 1. The van der Waals surface area contributed by atoms with Crippen molar-refractivity contribution >= 4 is 22.6 Å². The van der Waals surface area contributed by atoms with E-state index in [-0.39, 0.29) is 5.69 Å². The fourth-order valence-corrected chi connectivity index (χ4v) is 2.39. The molecule has 0 saturated heterocycles. The van der Waals surface area contributed by atoms with Crippen LogP contribution >= 0.6 is 11.6 Å². The molecule has 0 aliphatic heterocycles. The molecule has 3 aromatic rings. The van der Waals surface area contributed by atoms with Crippen molar-refractivity contribution < 1.29 is 13.2 Å². The van der Waals surface area contributed by atoms with Crippen molar-refractivity contribution in [1.29, 1.82) is 0 Å². The number of imidazole rings is 1. The average Bonchev–Trinajstić information content (AvgIpc) is 2.76. The highest BCUT2D eigenvalue weighted by Crippen LogP contribution is 2.31. The Hall–Kier alpha value is -2.21. The molecule has 7 heteroatoms. The van der Waals surface area contributed by atoms with E-state index in [9.17, 15) is 18.0 Å². The van der Waals surface area contributed by atoms with Crippen molar-refractivity contribution in [3.05, 3.63) is 63.5 Å². The first-order valence-electron chi connectivity index (χ1n) is 5.95. The number of nitrogens with zero attached hydrogens (tertiary/aromatic N) is 1. The predicted molar refractivity (Wildman–Crippen MR) is 73.9 cm³/mol. The number of para-hydroxylation sites is 1. The van der Waals surface area contributed by atoms with Crippen molar-refractivity contribution in [1.82, 2.24) is 9.55 Å². The van der Waals surface area contributed by atoms with Gasteiger partial charge in [0.25, 0.3) is 0 Å². The third kappa shape index (κ3) is 2.31. The van der Waals surface area contributed by atoms with Crippen LogP contribution in [0.1, 0.15) is 5.56 Å². The number of fused-ring (bicyclic) bond motifs is 1. The molecule has 0 atom stereocenters. The van der Waals surface area contributed by atoms with E-state index in [1.54, 1.807) is 18.2 Å². The second-order valence-electron chi connectivity index (χ2n) is 4.45. The molecule has 1 aromatic heterocycles. The minimum Gasteiger partial charge on any atom is -0.304 e. The van der Waals surface area contributed by atoms with Crippen LogP contribution in [-0.4, -0.2) is 9.55 Å². The summed E-state index contributed by atoms with van der Waals surface area (Å²) in [4.78, 5) is 14.6. The fraction of sp³-hybridized carbons (Fsp3) is 0.0714. The monoisotopic (exact) mass is 312 g/mol. The SMILES string of the molecule is O=c1[nH]c2c(Cl)cccc2n1-c1cccc(C(F)(F)F)c1. The van der Waals surface area contributed by atoms with Crippen LogP contribution in [0.2, 0.25) is 5.02 Å². The molecular formula is C14H8ClF3N2O. The highest BCUT2D eigenvalue weighted by molar-refractivity contribution is 6.34. The van der Waals surface area contributed by atoms with Crippen LogP contribution in [0.5, 0.6) is 0 Å². The summed E-state index contributed by atoms with van der Waals surface area (Å²) < 4.78 is 39.5. The smallest absolute Gasteiger partial charge is 0.304 e. The Morgan fingerprint density at radius 2 is 1.81 bits per heavy atom. The number of alkyl halides is 3. The molecule has 0 fully saturated rings. The van der Waals surface area contributed by atoms with Crippen molar-refractivity contribution in [2.75, 3.05) is 0 Å². The standard InChI is InChI=1S/C14H8ClF3N2O/c15-10-5-2-6-11-12(10)19-13(21)20(11)9-4-1-3-8(7-9)14(16,17)18/h1-7H,(H,19,21). The van der Waals surface area contributed by atoms with Gasteiger partial charge in [-0.2, -0.15) is 13.2 Å². The molecule has 0 aliphatic carbocycles. The van der Waals surface area contributed by atoms with Crippen molar-refractivity contribution in [3.8, 4) is 5.69 Å². The summed E-state index contributed by atoms with van der Waals surface area (Å²) >= 11 is 5.97. The van der Waals surface area contributed by atoms with Crippen LogP contribution in [0.4, 0.5) is 13.2 Å². The van der Waals surface area contributed by atoms with Crippen LogP contribution in [0.15, 0.2) is 47.3 Å². The molecule has 1 heterocycles. The van der Waals surface area contributed by atoms with E-state index in [0.29, 0.717) is 16.1 Å². The molecule has 0 unspecified atom stereocenters. The number of rotatable bonds is 1. The van der Waals surface area contributed by atoms with Crippen LogP contribution in [-0.2, 0) is 6.18 Å². The van der Waals surface area contributed by atoms with E-state index in [0.717, 1.165) is 16.7 Å². The molecule has 21 heavy (non-hydrogen) atoms. The van der Waals surface area contributed by atoms with Gasteiger partial charge in [-0.15, -0.1) is 0 Å². The van der Waals surface area contributed by atoms with Gasteiger partial charge in [-0.25, -0.2) is 4.79 Å². The number of halogens is 4. The molecule has 108 valence electrons. The molecule has 0 bridgehead atoms. The van der Waals surface area contributed by atoms with Crippen molar-refractivity contribution in [2.45, 2.75) is 6.18 Å². The zero-order valence-corrected chi connectivity index (χ0v) is 11.2. The lowest BCUT2D eigenvalue weighted by Crippen LogP contribution is -2.15. The Labute approximate surface area is 121 Å². The van der Waals surface area contributed by atoms with E-state index in [4.69, 9.17) is 11.6 Å². The fourth-order valence-electron chi connectivity index (χ4n) is 2.17. The lowest BCUT2D eigenvalue weighted by atomic mass is 10.2. The van der Waals surface area contributed by atoms with Gasteiger partial charge in [0, 0.05) is 0 Å². The summed E-state index contributed by atoms with van der Waals surface area (Å²) in [6, 6.07) is 9.41. The second kappa shape index (κ2) is 4.66. The maximum atomic E-state index is 12.8. The molecule has 2 aromatic carbocycles. The Morgan fingerprint density at radius 3 is 2.52 bits per heavy atom. The van der Waals surface area contributed by atoms with Gasteiger partial charge < -0.3 is 4.98 Å². The zero-order valence-electron chi connectivity index (χ0n) is 10.4. The number of H-pyrrole nitrogens is 1. The molecule has 3 nitrogen and oxygen atoms in total. The molecule has 0 aliphatic rings. The normalized spacial score (nSPS) is 12.0. The van der Waals surface area contributed by atoms with Gasteiger partial charge in [-0.05, 0) is 30.3 Å². The first kappa shape index (κ1) is 13.8. The summed E-state index contributed by atoms with van der Waals surface area (Å²) in [6.07, 6.45) is -4.47. The molecule has 3 rings (SSSR count). The number of benzene rings is 2. The topological polar surface area (TPSA) is 37.8 Å². The maximum absolute atomic E-state index is 12.8. The number of hydrogen-bond acceptors (Lipinski definition) is 1. The van der Waals surface area contributed by atoms with Crippen LogP contribution < -0.4 is 5.69 Å². The number of aromatic nitrogens is 2. The average molecular weight is 313 g/mol. The van der Waals surface area contributed by atoms with Gasteiger partial charge in [0.15, 0.2) is 0 Å². The largest absolute Gasteiger partial charge is 0.416 e. The minimum atomic E-state index is -4.47. The summed E-state index contributed by atoms with van der Waals surface area (Å²) in [7, 11) is 0. The van der Waals surface area contributed by atoms with Gasteiger partial charge in [0.1, 0.15) is 0 Å². The van der Waals surface area contributed by atoms with Gasteiger partial charge in [-0.3, -0.25) is 4.57 Å². The zero-order chi connectivity index (χ0) is 15.2. The summed E-state index contributed by atoms with van der Waals surface area (Å²) in [5, 5.41) is 0.329. The van der Waals surface area contributed by atoms with Gasteiger partial charge in [0.05, 0.1) is 27.3 Å². The highest BCUT2D eigenvalue weighted by atomic mass is 35.5. The van der Waals surface area contributed by atoms with Crippen molar-refractivity contribution in [2.24, 2.45) is 0 Å². The molecule has 0 saturated carbocycles. The van der Waals surface area contributed by atoms with E-state index in [1.165, 1.54) is 12.1 Å². The Balaban J connectivity index is 2.29. The molecular weight excluding hydrogens is 305 g/mol. The molecule has 1 N–H and O–H groups in total. The van der Waals surface area contributed by atoms with E-state index in [2.05, 4.69) is 4.98 Å². The summed E-state index contributed by atoms with van der Waals surface area (Å²) in [5.41, 5.74) is -0.419. The molecule has 0 spiro atoms. The summed E-state index contributed by atoms with van der Waals surface area (Å²) in [5.74, 6) is 0. The van der Waals surface area contributed by atoms with Gasteiger partial charge >= 0.3 is 11.9 Å². The minimum absolute atomic E-state index is 0.128. The lowest BCUT2D eigenvalue weighted by molar-refractivity contribution is -0.137. The lowest BCUT2D eigenvalue weighted by Gasteiger charge is -2.09. The third-order valence-corrected chi connectivity index (χ3v) is 3.41. The quantitative estimate of drug-likeness (QED) is 0.725. The number of hydrogen-bond donors (Lipinski definition) is 1. The van der Waals surface area contributed by atoms with Crippen LogP contribution in [0, 0.1) is 0 Å². The van der Waals surface area contributed by atoms with Gasteiger partial charge in [0.2, 0.25) is 0 Å². The Bertz CT molecular complexity index is 880. The first-order chi connectivity index (χ1) is 9.88. The van der Waals surface area contributed by atoms with E-state index < -0.39 is 17.4 Å². The number of nitrogens with one attached hydrogen (secondary N) is 1. The van der Waals surface area contributed by atoms with Crippen LogP contribution in [0.3, 0.4) is 0 Å². The molecule has 0 amide bonds. The maximum Gasteiger partial charge on any atom is 0.416 e. The summed E-state index contributed by atoms with van der Waals surface area (Å²) in [6.45, 7) is 0. The van der Waals surface area contributed by atoms with Crippen LogP contribution in [0.25, 0.3) is 16.7 Å². The highest BCUT2D eigenvalue weighted by Gasteiger charge is 2.30. The second-order valence-corrected chi connectivity index (χ2v) is 4.85. The predicted octanol–water partition coefficient (Wildman–Crippen LogP) is 3.99. The first-order valence-corrected chi connectivity index (χ1v) is 6.32. The Morgan fingerprint density at radius 1 is 1.10 bits per heavy atom. The molecule has 0 radical (unpaired) electrons. The van der Waals surface area contributed by atoms with Crippen molar-refractivity contribution in [3.63, 3.8) is 0 Å².